The first-order chi connectivity index (χ1) is 11.5. The summed E-state index contributed by atoms with van der Waals surface area (Å²) in [4.78, 5) is 27.4. The van der Waals surface area contributed by atoms with Gasteiger partial charge in [0, 0.05) is 18.7 Å². The van der Waals surface area contributed by atoms with Crippen LogP contribution in [0.1, 0.15) is 38.9 Å². The maximum atomic E-state index is 12.0. The monoisotopic (exact) mass is 347 g/mol. The molecule has 2 amide bonds. The Bertz CT molecular complexity index is 733. The fraction of sp³-hybridized carbons (Fsp3) is 0.471. The highest BCUT2D eigenvalue weighted by Crippen LogP contribution is 2.38. The second kappa shape index (κ2) is 7.17. The minimum atomic E-state index is -0.105. The first-order valence-corrected chi connectivity index (χ1v) is 8.98. The summed E-state index contributed by atoms with van der Waals surface area (Å²) in [6.45, 7) is 3.94. The van der Waals surface area contributed by atoms with Crippen molar-refractivity contribution in [3.05, 3.63) is 23.3 Å². The number of rotatable bonds is 7. The molecule has 6 nitrogen and oxygen atoms in total. The molecule has 1 aliphatic carbocycles. The Morgan fingerprint density at radius 2 is 2.21 bits per heavy atom. The molecule has 24 heavy (non-hydrogen) atoms. The molecule has 0 radical (unpaired) electrons. The summed E-state index contributed by atoms with van der Waals surface area (Å²) in [6.07, 6.45) is 3.03. The first kappa shape index (κ1) is 16.7. The second-order valence-electron chi connectivity index (χ2n) is 6.28. The molecule has 1 saturated carbocycles. The molecule has 0 spiro atoms. The fourth-order valence-corrected chi connectivity index (χ4v) is 3.28. The van der Waals surface area contributed by atoms with Crippen molar-refractivity contribution >= 4 is 28.3 Å². The van der Waals surface area contributed by atoms with Crippen LogP contribution >= 0.6 is 11.3 Å². The number of aromatic nitrogens is 1. The quantitative estimate of drug-likeness (QED) is 0.804. The van der Waals surface area contributed by atoms with Crippen LogP contribution in [-0.4, -0.2) is 16.8 Å². The van der Waals surface area contributed by atoms with Gasteiger partial charge in [-0.3, -0.25) is 9.59 Å². The van der Waals surface area contributed by atoms with E-state index in [-0.39, 0.29) is 11.8 Å². The van der Waals surface area contributed by atoms with E-state index in [9.17, 15) is 9.59 Å². The van der Waals surface area contributed by atoms with Crippen LogP contribution in [0.5, 0.6) is 0 Å². The highest BCUT2D eigenvalue weighted by Gasteiger charge is 2.29. The van der Waals surface area contributed by atoms with Gasteiger partial charge >= 0.3 is 0 Å². The molecule has 3 rings (SSSR count). The molecule has 0 unspecified atom stereocenters. The Labute approximate surface area is 144 Å². The number of amides is 2. The molecule has 1 aliphatic rings. The normalized spacial score (nSPS) is 15.1. The van der Waals surface area contributed by atoms with Crippen LogP contribution in [0.25, 0.3) is 11.5 Å². The zero-order valence-corrected chi connectivity index (χ0v) is 14.6. The summed E-state index contributed by atoms with van der Waals surface area (Å²) >= 11 is 1.38. The van der Waals surface area contributed by atoms with Gasteiger partial charge in [0.1, 0.15) is 11.5 Å². The summed E-state index contributed by atoms with van der Waals surface area (Å²) in [5.41, 5.74) is 0.680. The van der Waals surface area contributed by atoms with Gasteiger partial charge in [-0.05, 0) is 36.8 Å². The number of hydrogen-bond donors (Lipinski definition) is 2. The Morgan fingerprint density at radius 1 is 1.42 bits per heavy atom. The Morgan fingerprint density at radius 3 is 2.92 bits per heavy atom. The lowest BCUT2D eigenvalue weighted by molar-refractivity contribution is -0.119. The zero-order valence-electron chi connectivity index (χ0n) is 13.8. The lowest BCUT2D eigenvalue weighted by Crippen LogP contribution is -2.18. The number of thiazole rings is 1. The number of furan rings is 1. The van der Waals surface area contributed by atoms with Crippen LogP contribution in [0, 0.1) is 11.8 Å². The Kier molecular flexibility index (Phi) is 4.99. The summed E-state index contributed by atoms with van der Waals surface area (Å²) in [5.74, 6) is 2.35. The molecule has 0 bridgehead atoms. The van der Waals surface area contributed by atoms with Gasteiger partial charge in [0.15, 0.2) is 10.9 Å². The summed E-state index contributed by atoms with van der Waals surface area (Å²) in [7, 11) is 0. The van der Waals surface area contributed by atoms with Gasteiger partial charge in [0.25, 0.3) is 0 Å². The number of carbonyl (C=O) groups excluding carboxylic acids is 2. The van der Waals surface area contributed by atoms with Crippen molar-refractivity contribution in [1.82, 2.24) is 10.3 Å². The molecule has 2 aromatic rings. The van der Waals surface area contributed by atoms with E-state index in [1.807, 2.05) is 11.4 Å². The molecule has 7 heteroatoms. The van der Waals surface area contributed by atoms with Gasteiger partial charge in [-0.15, -0.1) is 11.3 Å². The molecular weight excluding hydrogens is 326 g/mol. The molecule has 128 valence electrons. The largest absolute Gasteiger partial charge is 0.458 e. The maximum absolute atomic E-state index is 12.0. The van der Waals surface area contributed by atoms with Gasteiger partial charge in [0.2, 0.25) is 11.8 Å². The Hall–Kier alpha value is -2.15. The third-order valence-corrected chi connectivity index (χ3v) is 4.87. The summed E-state index contributed by atoms with van der Waals surface area (Å²) in [5, 5.41) is 7.97. The molecule has 0 aliphatic heterocycles. The SMILES string of the molecule is CC(=O)NCc1ccc(-c2csc(NC(=O)C[C@@H](C)C3CC3)n2)o1. The van der Waals surface area contributed by atoms with Gasteiger partial charge in [-0.25, -0.2) is 4.98 Å². The summed E-state index contributed by atoms with van der Waals surface area (Å²) in [6, 6.07) is 3.62. The van der Waals surface area contributed by atoms with E-state index >= 15 is 0 Å². The predicted molar refractivity (Wildman–Crippen MR) is 92.5 cm³/mol. The highest BCUT2D eigenvalue weighted by molar-refractivity contribution is 7.14. The molecule has 2 heterocycles. The van der Waals surface area contributed by atoms with Gasteiger partial charge < -0.3 is 15.1 Å². The van der Waals surface area contributed by atoms with Crippen molar-refractivity contribution in [2.75, 3.05) is 5.32 Å². The number of carbonyl (C=O) groups is 2. The smallest absolute Gasteiger partial charge is 0.226 e. The molecule has 0 aromatic carbocycles. The standard InChI is InChI=1S/C17H21N3O3S/c1-10(12-3-4-12)7-16(22)20-17-19-14(9-24-17)15-6-5-13(23-15)8-18-11(2)21/h5-6,9-10,12H,3-4,7-8H2,1-2H3,(H,18,21)(H,19,20,22)/t10-/m1/s1. The van der Waals surface area contributed by atoms with Crippen LogP contribution in [-0.2, 0) is 16.1 Å². The van der Waals surface area contributed by atoms with Crippen molar-refractivity contribution in [2.45, 2.75) is 39.7 Å². The maximum Gasteiger partial charge on any atom is 0.226 e. The summed E-state index contributed by atoms with van der Waals surface area (Å²) < 4.78 is 5.66. The van der Waals surface area contributed by atoms with Crippen molar-refractivity contribution in [3.63, 3.8) is 0 Å². The van der Waals surface area contributed by atoms with Gasteiger partial charge in [-0.2, -0.15) is 0 Å². The zero-order chi connectivity index (χ0) is 17.1. The van der Waals surface area contributed by atoms with E-state index in [0.717, 1.165) is 0 Å². The fourth-order valence-electron chi connectivity index (χ4n) is 2.56. The Balaban J connectivity index is 1.56. The average molecular weight is 347 g/mol. The molecule has 2 N–H and O–H groups in total. The third kappa shape index (κ3) is 4.44. The van der Waals surface area contributed by atoms with Gasteiger partial charge in [0.05, 0.1) is 6.54 Å². The van der Waals surface area contributed by atoms with Crippen molar-refractivity contribution in [1.29, 1.82) is 0 Å². The molecular formula is C17H21N3O3S. The number of anilines is 1. The van der Waals surface area contributed by atoms with E-state index in [1.54, 1.807) is 6.07 Å². The first-order valence-electron chi connectivity index (χ1n) is 8.10. The molecule has 1 atom stereocenters. The van der Waals surface area contributed by atoms with Crippen molar-refractivity contribution in [3.8, 4) is 11.5 Å². The van der Waals surface area contributed by atoms with Crippen LogP contribution in [0.15, 0.2) is 21.9 Å². The van der Waals surface area contributed by atoms with E-state index < -0.39 is 0 Å². The minimum Gasteiger partial charge on any atom is -0.458 e. The van der Waals surface area contributed by atoms with E-state index in [0.29, 0.717) is 47.1 Å². The lowest BCUT2D eigenvalue weighted by Gasteiger charge is -2.08. The van der Waals surface area contributed by atoms with Crippen molar-refractivity contribution in [2.24, 2.45) is 11.8 Å². The van der Waals surface area contributed by atoms with Gasteiger partial charge in [-0.1, -0.05) is 6.92 Å². The number of nitrogens with one attached hydrogen (secondary N) is 2. The van der Waals surface area contributed by atoms with E-state index in [2.05, 4.69) is 22.5 Å². The van der Waals surface area contributed by atoms with Crippen LogP contribution in [0.2, 0.25) is 0 Å². The average Bonchev–Trinajstić information content (AvgIpc) is 3.10. The van der Waals surface area contributed by atoms with Crippen LogP contribution in [0.3, 0.4) is 0 Å². The topological polar surface area (TPSA) is 84.2 Å². The lowest BCUT2D eigenvalue weighted by atomic mass is 10.0. The van der Waals surface area contributed by atoms with E-state index in [1.165, 1.54) is 31.1 Å². The predicted octanol–water partition coefficient (Wildman–Crippen LogP) is 3.41. The van der Waals surface area contributed by atoms with Crippen LogP contribution in [0.4, 0.5) is 5.13 Å². The molecule has 1 fully saturated rings. The third-order valence-electron chi connectivity index (χ3n) is 4.11. The minimum absolute atomic E-state index is 0.0149. The molecule has 0 saturated heterocycles. The molecule has 2 aromatic heterocycles. The highest BCUT2D eigenvalue weighted by atomic mass is 32.1. The van der Waals surface area contributed by atoms with E-state index in [4.69, 9.17) is 4.42 Å². The number of nitrogens with zero attached hydrogens (tertiary/aromatic N) is 1. The number of hydrogen-bond acceptors (Lipinski definition) is 5. The van der Waals surface area contributed by atoms with Crippen molar-refractivity contribution < 1.29 is 14.0 Å². The van der Waals surface area contributed by atoms with Crippen LogP contribution < -0.4 is 10.6 Å². The second-order valence-corrected chi connectivity index (χ2v) is 7.14.